The summed E-state index contributed by atoms with van der Waals surface area (Å²) in [5.41, 5.74) is 0.249. The fourth-order valence-corrected chi connectivity index (χ4v) is 2.49. The van der Waals surface area contributed by atoms with Crippen LogP contribution in [0.4, 0.5) is 4.39 Å². The van der Waals surface area contributed by atoms with Gasteiger partial charge in [-0.2, -0.15) is 0 Å². The summed E-state index contributed by atoms with van der Waals surface area (Å²) in [5.74, 6) is -1.98. The zero-order valence-electron chi connectivity index (χ0n) is 9.88. The molecular weight excluding hydrogens is 223 g/mol. The lowest BCUT2D eigenvalue weighted by Gasteiger charge is -2.39. The SMILES string of the molecule is Cc1cc(C2(C(=O)O)CCC2)c(C)c(O)c1F. The van der Waals surface area contributed by atoms with Crippen LogP contribution >= 0.6 is 0 Å². The van der Waals surface area contributed by atoms with Gasteiger partial charge in [0.15, 0.2) is 11.6 Å². The molecule has 0 saturated heterocycles. The number of hydrogen-bond donors (Lipinski definition) is 2. The minimum Gasteiger partial charge on any atom is -0.505 e. The fourth-order valence-electron chi connectivity index (χ4n) is 2.49. The molecule has 1 aliphatic rings. The van der Waals surface area contributed by atoms with E-state index >= 15 is 0 Å². The van der Waals surface area contributed by atoms with Crippen molar-refractivity contribution >= 4 is 5.97 Å². The summed E-state index contributed by atoms with van der Waals surface area (Å²) in [6, 6.07) is 1.55. The van der Waals surface area contributed by atoms with Crippen LogP contribution in [0.15, 0.2) is 6.07 Å². The Hall–Kier alpha value is -1.58. The summed E-state index contributed by atoms with van der Waals surface area (Å²) >= 11 is 0. The highest BCUT2D eigenvalue weighted by molar-refractivity contribution is 5.83. The summed E-state index contributed by atoms with van der Waals surface area (Å²) in [7, 11) is 0. The van der Waals surface area contributed by atoms with E-state index in [-0.39, 0.29) is 5.56 Å². The van der Waals surface area contributed by atoms with Crippen LogP contribution in [0.1, 0.15) is 36.0 Å². The molecule has 3 nitrogen and oxygen atoms in total. The second-order valence-corrected chi connectivity index (χ2v) is 4.77. The van der Waals surface area contributed by atoms with Crippen molar-refractivity contribution in [2.45, 2.75) is 38.5 Å². The van der Waals surface area contributed by atoms with Crippen molar-refractivity contribution in [2.75, 3.05) is 0 Å². The first kappa shape index (κ1) is 11.9. The van der Waals surface area contributed by atoms with E-state index in [1.54, 1.807) is 13.0 Å². The van der Waals surface area contributed by atoms with E-state index in [4.69, 9.17) is 0 Å². The number of rotatable bonds is 2. The van der Waals surface area contributed by atoms with Gasteiger partial charge in [-0.3, -0.25) is 4.79 Å². The van der Waals surface area contributed by atoms with Gasteiger partial charge in [0.2, 0.25) is 0 Å². The van der Waals surface area contributed by atoms with Gasteiger partial charge >= 0.3 is 5.97 Å². The maximum atomic E-state index is 13.5. The number of aliphatic carboxylic acids is 1. The molecule has 0 unspecified atom stereocenters. The second-order valence-electron chi connectivity index (χ2n) is 4.77. The van der Waals surface area contributed by atoms with Crippen molar-refractivity contribution in [2.24, 2.45) is 0 Å². The third-order valence-electron chi connectivity index (χ3n) is 3.81. The summed E-state index contributed by atoms with van der Waals surface area (Å²) < 4.78 is 13.5. The molecule has 0 aliphatic heterocycles. The smallest absolute Gasteiger partial charge is 0.314 e. The predicted octanol–water partition coefficient (Wildman–Crippen LogP) is 2.65. The minimum absolute atomic E-state index is 0.288. The van der Waals surface area contributed by atoms with Gasteiger partial charge in [-0.05, 0) is 43.4 Å². The van der Waals surface area contributed by atoms with Crippen LogP contribution in [-0.4, -0.2) is 16.2 Å². The zero-order valence-corrected chi connectivity index (χ0v) is 9.88. The molecule has 92 valence electrons. The molecule has 0 radical (unpaired) electrons. The average molecular weight is 238 g/mol. The summed E-state index contributed by atoms with van der Waals surface area (Å²) in [6.07, 6.45) is 1.95. The van der Waals surface area contributed by atoms with E-state index in [9.17, 15) is 19.4 Å². The number of hydrogen-bond acceptors (Lipinski definition) is 2. The first-order chi connectivity index (χ1) is 7.90. The topological polar surface area (TPSA) is 57.5 Å². The highest BCUT2D eigenvalue weighted by Crippen LogP contribution is 2.47. The van der Waals surface area contributed by atoms with Crippen molar-refractivity contribution in [1.29, 1.82) is 0 Å². The Labute approximate surface area is 98.9 Å². The van der Waals surface area contributed by atoms with E-state index in [1.165, 1.54) is 6.92 Å². The zero-order chi connectivity index (χ0) is 12.8. The van der Waals surface area contributed by atoms with Gasteiger partial charge in [-0.15, -0.1) is 0 Å². The van der Waals surface area contributed by atoms with Crippen LogP contribution < -0.4 is 0 Å². The van der Waals surface area contributed by atoms with Crippen LogP contribution in [0.2, 0.25) is 0 Å². The highest BCUT2D eigenvalue weighted by Gasteiger charge is 2.47. The number of phenols is 1. The number of carboxylic acids is 1. The van der Waals surface area contributed by atoms with Gasteiger partial charge in [-0.25, -0.2) is 4.39 Å². The first-order valence-corrected chi connectivity index (χ1v) is 5.62. The summed E-state index contributed by atoms with van der Waals surface area (Å²) in [4.78, 5) is 11.4. The molecule has 0 spiro atoms. The monoisotopic (exact) mass is 238 g/mol. The van der Waals surface area contributed by atoms with E-state index < -0.39 is 23.0 Å². The van der Waals surface area contributed by atoms with Crippen molar-refractivity contribution in [1.82, 2.24) is 0 Å². The van der Waals surface area contributed by atoms with Gasteiger partial charge in [0.1, 0.15) is 0 Å². The maximum absolute atomic E-state index is 13.5. The molecular formula is C13H15FO3. The van der Waals surface area contributed by atoms with Crippen LogP contribution in [0.25, 0.3) is 0 Å². The van der Waals surface area contributed by atoms with Gasteiger partial charge in [0, 0.05) is 0 Å². The molecule has 1 fully saturated rings. The second kappa shape index (κ2) is 3.72. The van der Waals surface area contributed by atoms with Crippen LogP contribution in [0, 0.1) is 19.7 Å². The van der Waals surface area contributed by atoms with Gasteiger partial charge in [0.05, 0.1) is 5.41 Å². The molecule has 0 atom stereocenters. The Morgan fingerprint density at radius 3 is 2.41 bits per heavy atom. The van der Waals surface area contributed by atoms with Crippen LogP contribution in [0.5, 0.6) is 5.75 Å². The quantitative estimate of drug-likeness (QED) is 0.832. The van der Waals surface area contributed by atoms with Gasteiger partial charge in [-0.1, -0.05) is 12.5 Å². The Morgan fingerprint density at radius 1 is 1.41 bits per heavy atom. The summed E-state index contributed by atoms with van der Waals surface area (Å²) in [6.45, 7) is 3.10. The normalized spacial score (nSPS) is 17.6. The van der Waals surface area contributed by atoms with Crippen LogP contribution in [0.3, 0.4) is 0 Å². The lowest BCUT2D eigenvalue weighted by Crippen LogP contribution is -2.43. The molecule has 0 heterocycles. The van der Waals surface area contributed by atoms with Crippen molar-refractivity contribution < 1.29 is 19.4 Å². The molecule has 0 amide bonds. The van der Waals surface area contributed by atoms with E-state index in [1.807, 2.05) is 0 Å². The number of phenolic OH excluding ortho intramolecular Hbond substituents is 1. The van der Waals surface area contributed by atoms with E-state index in [2.05, 4.69) is 0 Å². The number of aromatic hydroxyl groups is 1. The largest absolute Gasteiger partial charge is 0.505 e. The lowest BCUT2D eigenvalue weighted by atomic mass is 9.63. The Morgan fingerprint density at radius 2 is 2.00 bits per heavy atom. The first-order valence-electron chi connectivity index (χ1n) is 5.62. The summed E-state index contributed by atoms with van der Waals surface area (Å²) in [5, 5.41) is 19.0. The van der Waals surface area contributed by atoms with E-state index in [0.29, 0.717) is 24.0 Å². The molecule has 1 aromatic rings. The average Bonchev–Trinajstić information content (AvgIpc) is 2.20. The number of carboxylic acid groups (broad SMARTS) is 1. The minimum atomic E-state index is -0.931. The molecule has 4 heteroatoms. The van der Waals surface area contributed by atoms with Crippen molar-refractivity contribution in [3.63, 3.8) is 0 Å². The van der Waals surface area contributed by atoms with Crippen LogP contribution in [-0.2, 0) is 10.2 Å². The molecule has 1 saturated carbocycles. The number of carbonyl (C=O) groups is 1. The Bertz CT molecular complexity index is 490. The molecule has 1 aromatic carbocycles. The van der Waals surface area contributed by atoms with Crippen molar-refractivity contribution in [3.05, 3.63) is 28.6 Å². The Balaban J connectivity index is 2.64. The number of benzene rings is 1. The standard InChI is InChI=1S/C13H15FO3/c1-7-6-9(8(2)11(15)10(7)14)13(12(16)17)4-3-5-13/h6,15H,3-5H2,1-2H3,(H,16,17). The molecule has 0 bridgehead atoms. The molecule has 0 aromatic heterocycles. The predicted molar refractivity (Wildman–Crippen MR) is 60.7 cm³/mol. The molecule has 2 N–H and O–H groups in total. The lowest BCUT2D eigenvalue weighted by molar-refractivity contribution is -0.147. The fraction of sp³-hybridized carbons (Fsp3) is 0.462. The highest BCUT2D eigenvalue weighted by atomic mass is 19.1. The number of halogens is 1. The Kier molecular flexibility index (Phi) is 2.60. The van der Waals surface area contributed by atoms with Gasteiger partial charge in [0.25, 0.3) is 0 Å². The molecule has 17 heavy (non-hydrogen) atoms. The molecule has 1 aliphatic carbocycles. The molecule has 2 rings (SSSR count). The van der Waals surface area contributed by atoms with Gasteiger partial charge < -0.3 is 10.2 Å². The van der Waals surface area contributed by atoms with E-state index in [0.717, 1.165) is 6.42 Å². The maximum Gasteiger partial charge on any atom is 0.314 e. The third-order valence-corrected chi connectivity index (χ3v) is 3.81. The number of aryl methyl sites for hydroxylation is 1. The third kappa shape index (κ3) is 1.51. The van der Waals surface area contributed by atoms with Crippen molar-refractivity contribution in [3.8, 4) is 5.75 Å².